The Morgan fingerprint density at radius 2 is 1.59 bits per heavy atom. The smallest absolute Gasteiger partial charge is 0.239 e. The third kappa shape index (κ3) is 4.13. The highest BCUT2D eigenvalue weighted by Gasteiger charge is 2.37. The number of rotatable bonds is 6. The van der Waals surface area contributed by atoms with Crippen LogP contribution in [0.1, 0.15) is 13.8 Å². The largest absolute Gasteiger partial charge is 0.497 e. The van der Waals surface area contributed by atoms with Gasteiger partial charge < -0.3 is 20.1 Å². The molecule has 0 spiro atoms. The zero-order chi connectivity index (χ0) is 21.0. The Morgan fingerprint density at radius 3 is 2.28 bits per heavy atom. The predicted molar refractivity (Wildman–Crippen MR) is 112 cm³/mol. The van der Waals surface area contributed by atoms with Crippen molar-refractivity contribution in [2.75, 3.05) is 24.9 Å². The van der Waals surface area contributed by atoms with Crippen LogP contribution in [0.25, 0.3) is 10.9 Å². The molecule has 0 bridgehead atoms. The highest BCUT2D eigenvalue weighted by Crippen LogP contribution is 2.31. The van der Waals surface area contributed by atoms with Gasteiger partial charge in [-0.05, 0) is 38.1 Å². The molecular weight excluding hydrogens is 370 g/mol. The number of aromatic nitrogens is 1. The van der Waals surface area contributed by atoms with Gasteiger partial charge in [-0.1, -0.05) is 18.2 Å². The van der Waals surface area contributed by atoms with E-state index in [2.05, 4.69) is 15.6 Å². The molecule has 2 N–H and O–H groups in total. The predicted octanol–water partition coefficient (Wildman–Crippen LogP) is 3.86. The van der Waals surface area contributed by atoms with Gasteiger partial charge in [-0.15, -0.1) is 0 Å². The van der Waals surface area contributed by atoms with Gasteiger partial charge in [0.25, 0.3) is 0 Å². The molecule has 3 aromatic rings. The van der Waals surface area contributed by atoms with E-state index in [0.717, 1.165) is 5.39 Å². The van der Waals surface area contributed by atoms with Gasteiger partial charge in [-0.3, -0.25) is 14.6 Å². The first-order valence-corrected chi connectivity index (χ1v) is 9.05. The van der Waals surface area contributed by atoms with Crippen LogP contribution in [-0.4, -0.2) is 31.0 Å². The minimum atomic E-state index is -1.35. The second-order valence-corrected chi connectivity index (χ2v) is 6.98. The Kier molecular flexibility index (Phi) is 5.68. The zero-order valence-electron chi connectivity index (χ0n) is 16.8. The molecule has 2 amide bonds. The molecule has 150 valence electrons. The fraction of sp³-hybridized carbons (Fsp3) is 0.227. The van der Waals surface area contributed by atoms with Crippen molar-refractivity contribution in [2.45, 2.75) is 13.8 Å². The number of hydrogen-bond acceptors (Lipinski definition) is 5. The molecule has 0 aliphatic heterocycles. The maximum absolute atomic E-state index is 12.9. The van der Waals surface area contributed by atoms with Crippen LogP contribution in [0.15, 0.2) is 54.7 Å². The lowest BCUT2D eigenvalue weighted by Crippen LogP contribution is -2.41. The summed E-state index contributed by atoms with van der Waals surface area (Å²) in [5, 5.41) is 6.48. The monoisotopic (exact) mass is 393 g/mol. The van der Waals surface area contributed by atoms with Gasteiger partial charge in [0.05, 0.1) is 31.1 Å². The van der Waals surface area contributed by atoms with Crippen LogP contribution in [-0.2, 0) is 9.59 Å². The Morgan fingerprint density at radius 1 is 0.897 bits per heavy atom. The topological polar surface area (TPSA) is 89.5 Å². The van der Waals surface area contributed by atoms with Crippen molar-refractivity contribution in [3.63, 3.8) is 0 Å². The van der Waals surface area contributed by atoms with Gasteiger partial charge in [0.2, 0.25) is 11.8 Å². The molecule has 0 unspecified atom stereocenters. The van der Waals surface area contributed by atoms with E-state index in [-0.39, 0.29) is 0 Å². The average molecular weight is 393 g/mol. The number of nitrogens with one attached hydrogen (secondary N) is 2. The van der Waals surface area contributed by atoms with Crippen molar-refractivity contribution in [3.05, 3.63) is 54.7 Å². The summed E-state index contributed by atoms with van der Waals surface area (Å²) in [4.78, 5) is 30.1. The molecule has 0 aliphatic rings. The number of amides is 2. The van der Waals surface area contributed by atoms with E-state index in [1.54, 1.807) is 51.4 Å². The Bertz CT molecular complexity index is 1060. The van der Waals surface area contributed by atoms with Gasteiger partial charge in [-0.2, -0.15) is 0 Å². The summed E-state index contributed by atoms with van der Waals surface area (Å²) >= 11 is 0. The highest BCUT2D eigenvalue weighted by molar-refractivity contribution is 6.15. The van der Waals surface area contributed by atoms with E-state index in [1.165, 1.54) is 7.11 Å². The van der Waals surface area contributed by atoms with Gasteiger partial charge in [0.15, 0.2) is 0 Å². The van der Waals surface area contributed by atoms with Crippen molar-refractivity contribution in [3.8, 4) is 11.5 Å². The van der Waals surface area contributed by atoms with Crippen molar-refractivity contribution >= 4 is 34.1 Å². The number of benzene rings is 2. The number of methoxy groups -OCH3 is 2. The number of carbonyl (C=O) groups excluding carboxylic acids is 2. The molecule has 0 saturated heterocycles. The molecule has 7 heteroatoms. The van der Waals surface area contributed by atoms with Crippen LogP contribution in [0.5, 0.6) is 11.5 Å². The van der Waals surface area contributed by atoms with Crippen LogP contribution in [0, 0.1) is 5.41 Å². The number of ether oxygens (including phenoxy) is 2. The van der Waals surface area contributed by atoms with Gasteiger partial charge >= 0.3 is 0 Å². The molecule has 0 atom stereocenters. The number of fused-ring (bicyclic) bond motifs is 1. The molecule has 0 aliphatic carbocycles. The third-order valence-corrected chi connectivity index (χ3v) is 4.67. The molecule has 3 rings (SSSR count). The van der Waals surface area contributed by atoms with Gasteiger partial charge in [0, 0.05) is 17.6 Å². The highest BCUT2D eigenvalue weighted by atomic mass is 16.5. The molecular formula is C22H23N3O4. The van der Waals surface area contributed by atoms with E-state index < -0.39 is 17.2 Å². The van der Waals surface area contributed by atoms with Crippen molar-refractivity contribution in [1.29, 1.82) is 0 Å². The average Bonchev–Trinajstić information content (AvgIpc) is 2.74. The summed E-state index contributed by atoms with van der Waals surface area (Å²) in [6, 6.07) is 14.3. The van der Waals surface area contributed by atoms with Crippen LogP contribution < -0.4 is 20.1 Å². The summed E-state index contributed by atoms with van der Waals surface area (Å²) in [5.41, 5.74) is 0.320. The van der Waals surface area contributed by atoms with Gasteiger partial charge in [-0.25, -0.2) is 0 Å². The van der Waals surface area contributed by atoms with E-state index >= 15 is 0 Å². The molecule has 29 heavy (non-hydrogen) atoms. The van der Waals surface area contributed by atoms with Crippen LogP contribution in [0.4, 0.5) is 11.4 Å². The maximum atomic E-state index is 12.9. The zero-order valence-corrected chi connectivity index (χ0v) is 16.8. The molecule has 0 saturated carbocycles. The quantitative estimate of drug-likeness (QED) is 0.621. The summed E-state index contributed by atoms with van der Waals surface area (Å²) in [6.45, 7) is 3.12. The SMILES string of the molecule is COc1ccc(NC(=O)C(C)(C)C(=O)Nc2cccc3cccnc23)c(OC)c1. The molecule has 0 fully saturated rings. The molecule has 1 heterocycles. The Balaban J connectivity index is 1.80. The number of carbonyl (C=O) groups is 2. The lowest BCUT2D eigenvalue weighted by atomic mass is 9.90. The molecule has 2 aromatic carbocycles. The van der Waals surface area contributed by atoms with E-state index in [9.17, 15) is 9.59 Å². The fourth-order valence-corrected chi connectivity index (χ4v) is 2.77. The van der Waals surface area contributed by atoms with Crippen molar-refractivity contribution in [2.24, 2.45) is 5.41 Å². The minimum absolute atomic E-state index is 0.437. The van der Waals surface area contributed by atoms with Crippen LogP contribution in [0.3, 0.4) is 0 Å². The lowest BCUT2D eigenvalue weighted by molar-refractivity contribution is -0.135. The second kappa shape index (κ2) is 8.18. The lowest BCUT2D eigenvalue weighted by Gasteiger charge is -2.23. The first kappa shape index (κ1) is 20.1. The number of hydrogen-bond donors (Lipinski definition) is 2. The second-order valence-electron chi connectivity index (χ2n) is 6.98. The first-order valence-electron chi connectivity index (χ1n) is 9.05. The van der Waals surface area contributed by atoms with Gasteiger partial charge in [0.1, 0.15) is 16.9 Å². The summed E-state index contributed by atoms with van der Waals surface area (Å²) in [7, 11) is 3.04. The maximum Gasteiger partial charge on any atom is 0.239 e. The van der Waals surface area contributed by atoms with Crippen LogP contribution >= 0.6 is 0 Å². The van der Waals surface area contributed by atoms with Crippen molar-refractivity contribution in [1.82, 2.24) is 4.98 Å². The van der Waals surface area contributed by atoms with E-state index in [1.807, 2.05) is 24.3 Å². The number of anilines is 2. The third-order valence-electron chi connectivity index (χ3n) is 4.67. The molecule has 1 aromatic heterocycles. The van der Waals surface area contributed by atoms with E-state index in [0.29, 0.717) is 28.4 Å². The molecule has 0 radical (unpaired) electrons. The Labute approximate surface area is 169 Å². The minimum Gasteiger partial charge on any atom is -0.497 e. The first-order chi connectivity index (χ1) is 13.9. The normalized spacial score (nSPS) is 11.0. The summed E-state index contributed by atoms with van der Waals surface area (Å²) < 4.78 is 10.5. The van der Waals surface area contributed by atoms with Crippen molar-refractivity contribution < 1.29 is 19.1 Å². The Hall–Kier alpha value is -3.61. The number of nitrogens with zero attached hydrogens (tertiary/aromatic N) is 1. The number of para-hydroxylation sites is 1. The summed E-state index contributed by atoms with van der Waals surface area (Å²) in [6.07, 6.45) is 1.66. The summed E-state index contributed by atoms with van der Waals surface area (Å²) in [5.74, 6) is 0.125. The van der Waals surface area contributed by atoms with E-state index in [4.69, 9.17) is 9.47 Å². The standard InChI is InChI=1S/C22H23N3O4/c1-22(2,20(26)24-16-11-10-15(28-3)13-18(16)29-4)21(27)25-17-9-5-7-14-8-6-12-23-19(14)17/h5-13H,1-4H3,(H,24,26)(H,25,27). The fourth-order valence-electron chi connectivity index (χ4n) is 2.77. The number of pyridine rings is 1. The van der Waals surface area contributed by atoms with Crippen LogP contribution in [0.2, 0.25) is 0 Å². The molecule has 7 nitrogen and oxygen atoms in total.